The Morgan fingerprint density at radius 2 is 1.60 bits per heavy atom. The van der Waals surface area contributed by atoms with E-state index in [0.717, 1.165) is 12.1 Å². The van der Waals surface area contributed by atoms with E-state index < -0.39 is 6.10 Å². The standard InChI is InChI=1S/C18H23NO/c1-14-9-11-17(12-10-14)19(3)13-15(2)18(20)16-7-5-4-6-8-16/h4-12,15,18,20H,13H2,1-3H3. The van der Waals surface area contributed by atoms with E-state index in [1.165, 1.54) is 11.3 Å². The molecule has 2 aromatic carbocycles. The SMILES string of the molecule is Cc1ccc(N(C)CC(C)C(O)c2ccccc2)cc1. The lowest BCUT2D eigenvalue weighted by Crippen LogP contribution is -2.27. The van der Waals surface area contributed by atoms with Gasteiger partial charge in [0.1, 0.15) is 0 Å². The van der Waals surface area contributed by atoms with Gasteiger partial charge in [0.15, 0.2) is 0 Å². The van der Waals surface area contributed by atoms with E-state index in [0.29, 0.717) is 0 Å². The van der Waals surface area contributed by atoms with Crippen LogP contribution in [0.5, 0.6) is 0 Å². The van der Waals surface area contributed by atoms with Crippen LogP contribution in [0.15, 0.2) is 54.6 Å². The molecule has 2 rings (SSSR count). The van der Waals surface area contributed by atoms with Crippen molar-refractivity contribution < 1.29 is 5.11 Å². The first-order chi connectivity index (χ1) is 9.58. The summed E-state index contributed by atoms with van der Waals surface area (Å²) in [7, 11) is 2.07. The minimum absolute atomic E-state index is 0.170. The van der Waals surface area contributed by atoms with Crippen molar-refractivity contribution in [1.82, 2.24) is 0 Å². The Labute approximate surface area is 121 Å². The first-order valence-electron chi connectivity index (χ1n) is 7.08. The Kier molecular flexibility index (Phi) is 4.80. The Morgan fingerprint density at radius 1 is 1.00 bits per heavy atom. The number of aliphatic hydroxyl groups excluding tert-OH is 1. The molecule has 0 heterocycles. The summed E-state index contributed by atoms with van der Waals surface area (Å²) in [4.78, 5) is 2.19. The van der Waals surface area contributed by atoms with E-state index >= 15 is 0 Å². The van der Waals surface area contributed by atoms with Gasteiger partial charge < -0.3 is 10.0 Å². The van der Waals surface area contributed by atoms with Crippen LogP contribution in [0.1, 0.15) is 24.2 Å². The summed E-state index contributed by atoms with van der Waals surface area (Å²) < 4.78 is 0. The quantitative estimate of drug-likeness (QED) is 0.892. The van der Waals surface area contributed by atoms with E-state index in [2.05, 4.69) is 50.1 Å². The van der Waals surface area contributed by atoms with Crippen LogP contribution < -0.4 is 4.90 Å². The number of benzene rings is 2. The maximum atomic E-state index is 10.4. The van der Waals surface area contributed by atoms with E-state index in [4.69, 9.17) is 0 Å². The number of anilines is 1. The fourth-order valence-corrected chi connectivity index (χ4v) is 2.42. The van der Waals surface area contributed by atoms with Crippen molar-refractivity contribution in [2.24, 2.45) is 5.92 Å². The van der Waals surface area contributed by atoms with Gasteiger partial charge in [-0.2, -0.15) is 0 Å². The fraction of sp³-hybridized carbons (Fsp3) is 0.333. The minimum atomic E-state index is -0.427. The van der Waals surface area contributed by atoms with Crippen LogP contribution in [0.4, 0.5) is 5.69 Å². The average Bonchev–Trinajstić information content (AvgIpc) is 2.48. The van der Waals surface area contributed by atoms with Crippen molar-refractivity contribution in [2.75, 3.05) is 18.5 Å². The average molecular weight is 269 g/mol. The van der Waals surface area contributed by atoms with E-state index in [-0.39, 0.29) is 5.92 Å². The van der Waals surface area contributed by atoms with Gasteiger partial charge in [-0.15, -0.1) is 0 Å². The molecule has 0 saturated heterocycles. The first kappa shape index (κ1) is 14.6. The molecule has 0 fully saturated rings. The Morgan fingerprint density at radius 3 is 2.20 bits per heavy atom. The zero-order chi connectivity index (χ0) is 14.5. The Hall–Kier alpha value is -1.80. The molecule has 2 nitrogen and oxygen atoms in total. The highest BCUT2D eigenvalue weighted by Gasteiger charge is 2.18. The molecule has 2 atom stereocenters. The van der Waals surface area contributed by atoms with Crippen molar-refractivity contribution in [1.29, 1.82) is 0 Å². The van der Waals surface area contributed by atoms with Crippen molar-refractivity contribution in [3.63, 3.8) is 0 Å². The maximum Gasteiger partial charge on any atom is 0.0832 e. The lowest BCUT2D eigenvalue weighted by atomic mass is 9.97. The van der Waals surface area contributed by atoms with Crippen molar-refractivity contribution in [3.05, 3.63) is 65.7 Å². The van der Waals surface area contributed by atoms with Crippen LogP contribution in [-0.2, 0) is 0 Å². The summed E-state index contributed by atoms with van der Waals surface area (Å²) in [6.07, 6.45) is -0.427. The van der Waals surface area contributed by atoms with Gasteiger partial charge in [-0.05, 0) is 24.6 Å². The third kappa shape index (κ3) is 3.61. The zero-order valence-corrected chi connectivity index (χ0v) is 12.5. The predicted octanol–water partition coefficient (Wildman–Crippen LogP) is 3.80. The van der Waals surface area contributed by atoms with Crippen LogP contribution in [0, 0.1) is 12.8 Å². The molecule has 0 aromatic heterocycles. The summed E-state index contributed by atoms with van der Waals surface area (Å²) in [5.74, 6) is 0.170. The highest BCUT2D eigenvalue weighted by Crippen LogP contribution is 2.24. The third-order valence-electron chi connectivity index (χ3n) is 3.72. The zero-order valence-electron chi connectivity index (χ0n) is 12.5. The highest BCUT2D eigenvalue weighted by atomic mass is 16.3. The summed E-state index contributed by atoms with van der Waals surface area (Å²) in [6, 6.07) is 18.3. The van der Waals surface area contributed by atoms with Gasteiger partial charge in [0.05, 0.1) is 6.10 Å². The highest BCUT2D eigenvalue weighted by molar-refractivity contribution is 5.46. The molecule has 2 unspecified atom stereocenters. The van der Waals surface area contributed by atoms with Crippen LogP contribution in [0.2, 0.25) is 0 Å². The molecular formula is C18H23NO. The van der Waals surface area contributed by atoms with Crippen molar-refractivity contribution in [2.45, 2.75) is 20.0 Å². The largest absolute Gasteiger partial charge is 0.388 e. The molecule has 1 N–H and O–H groups in total. The summed E-state index contributed by atoms with van der Waals surface area (Å²) >= 11 is 0. The molecule has 0 saturated carbocycles. The molecule has 0 aliphatic rings. The van der Waals surface area contributed by atoms with Gasteiger partial charge >= 0.3 is 0 Å². The van der Waals surface area contributed by atoms with Gasteiger partial charge in [-0.1, -0.05) is 55.0 Å². The monoisotopic (exact) mass is 269 g/mol. The fourth-order valence-electron chi connectivity index (χ4n) is 2.42. The number of rotatable bonds is 5. The minimum Gasteiger partial charge on any atom is -0.388 e. The molecule has 0 spiro atoms. The van der Waals surface area contributed by atoms with Gasteiger partial charge in [0.25, 0.3) is 0 Å². The molecule has 106 valence electrons. The summed E-state index contributed by atoms with van der Waals surface area (Å²) in [6.45, 7) is 4.99. The number of aryl methyl sites for hydroxylation is 1. The van der Waals surface area contributed by atoms with Gasteiger partial charge in [0.2, 0.25) is 0 Å². The second kappa shape index (κ2) is 6.58. The third-order valence-corrected chi connectivity index (χ3v) is 3.72. The van der Waals surface area contributed by atoms with Crippen LogP contribution in [0.25, 0.3) is 0 Å². The smallest absolute Gasteiger partial charge is 0.0832 e. The molecule has 0 radical (unpaired) electrons. The number of hydrogen-bond donors (Lipinski definition) is 1. The Bertz CT molecular complexity index is 521. The molecule has 0 amide bonds. The van der Waals surface area contributed by atoms with Crippen LogP contribution in [0.3, 0.4) is 0 Å². The molecular weight excluding hydrogens is 246 g/mol. The lowest BCUT2D eigenvalue weighted by Gasteiger charge is -2.27. The van der Waals surface area contributed by atoms with E-state index in [1.807, 2.05) is 30.3 Å². The molecule has 0 aliphatic heterocycles. The molecule has 20 heavy (non-hydrogen) atoms. The molecule has 0 bridgehead atoms. The van der Waals surface area contributed by atoms with Crippen LogP contribution >= 0.6 is 0 Å². The van der Waals surface area contributed by atoms with Crippen LogP contribution in [-0.4, -0.2) is 18.7 Å². The number of aliphatic hydroxyl groups is 1. The summed E-state index contributed by atoms with van der Waals surface area (Å²) in [5, 5.41) is 10.4. The normalized spacial score (nSPS) is 13.8. The number of hydrogen-bond acceptors (Lipinski definition) is 2. The van der Waals surface area contributed by atoms with Gasteiger partial charge in [0, 0.05) is 25.2 Å². The van der Waals surface area contributed by atoms with Gasteiger partial charge in [-0.3, -0.25) is 0 Å². The topological polar surface area (TPSA) is 23.5 Å². The lowest BCUT2D eigenvalue weighted by molar-refractivity contribution is 0.121. The molecule has 2 heteroatoms. The Balaban J connectivity index is 2.00. The second-order valence-corrected chi connectivity index (χ2v) is 5.55. The molecule has 0 aliphatic carbocycles. The predicted molar refractivity (Wildman–Crippen MR) is 85.0 cm³/mol. The maximum absolute atomic E-state index is 10.4. The first-order valence-corrected chi connectivity index (χ1v) is 7.08. The van der Waals surface area contributed by atoms with E-state index in [1.54, 1.807) is 0 Å². The van der Waals surface area contributed by atoms with Gasteiger partial charge in [-0.25, -0.2) is 0 Å². The second-order valence-electron chi connectivity index (χ2n) is 5.55. The summed E-state index contributed by atoms with van der Waals surface area (Å²) in [5.41, 5.74) is 3.43. The molecule has 2 aromatic rings. The van der Waals surface area contributed by atoms with Crippen molar-refractivity contribution in [3.8, 4) is 0 Å². The van der Waals surface area contributed by atoms with Crippen molar-refractivity contribution >= 4 is 5.69 Å². The number of nitrogens with zero attached hydrogens (tertiary/aromatic N) is 1. The van der Waals surface area contributed by atoms with E-state index in [9.17, 15) is 5.11 Å².